The maximum absolute atomic E-state index is 12.7. The van der Waals surface area contributed by atoms with E-state index in [9.17, 15) is 13.2 Å². The smallest absolute Gasteiger partial charge is 0.312 e. The largest absolute Gasteiger partial charge is 0.391 e. The lowest BCUT2D eigenvalue weighted by molar-refractivity contribution is -0.183. The topological polar surface area (TPSA) is 15.3 Å². The molecular weight excluding hydrogens is 241 g/mol. The number of alkyl halides is 3. The highest BCUT2D eigenvalue weighted by atomic mass is 19.4. The van der Waals surface area contributed by atoms with E-state index in [1.807, 2.05) is 0 Å². The van der Waals surface area contributed by atoms with Gasteiger partial charge in [0.1, 0.15) is 0 Å². The van der Waals surface area contributed by atoms with Gasteiger partial charge < -0.3 is 10.2 Å². The lowest BCUT2D eigenvalue weighted by atomic mass is 9.85. The van der Waals surface area contributed by atoms with Crippen LogP contribution in [0.5, 0.6) is 0 Å². The minimum atomic E-state index is -4.01. The van der Waals surface area contributed by atoms with Gasteiger partial charge in [-0.1, -0.05) is 6.42 Å². The summed E-state index contributed by atoms with van der Waals surface area (Å²) in [5, 5.41) is 3.35. The highest BCUT2D eigenvalue weighted by Gasteiger charge is 2.42. The van der Waals surface area contributed by atoms with Crippen molar-refractivity contribution in [2.45, 2.75) is 56.8 Å². The summed E-state index contributed by atoms with van der Waals surface area (Å²) in [5.41, 5.74) is 0. The summed E-state index contributed by atoms with van der Waals surface area (Å²) in [6.45, 7) is 1.95. The Bertz CT molecular complexity index is 267. The third-order valence-corrected chi connectivity index (χ3v) is 4.45. The van der Waals surface area contributed by atoms with Crippen LogP contribution in [0.15, 0.2) is 0 Å². The fraction of sp³-hybridized carbons (Fsp3) is 1.00. The van der Waals surface area contributed by atoms with Crippen LogP contribution in [0.3, 0.4) is 0 Å². The van der Waals surface area contributed by atoms with Crippen molar-refractivity contribution >= 4 is 0 Å². The Hall–Kier alpha value is -0.290. The highest BCUT2D eigenvalue weighted by Crippen LogP contribution is 2.37. The van der Waals surface area contributed by atoms with Gasteiger partial charge in [-0.25, -0.2) is 0 Å². The molecule has 2 rings (SSSR count). The van der Waals surface area contributed by atoms with E-state index in [0.29, 0.717) is 18.9 Å². The first kappa shape index (κ1) is 14.1. The number of nitrogens with zero attached hydrogens (tertiary/aromatic N) is 1. The summed E-state index contributed by atoms with van der Waals surface area (Å²) in [6.07, 6.45) is 0.526. The van der Waals surface area contributed by atoms with Crippen molar-refractivity contribution in [2.75, 3.05) is 20.1 Å². The van der Waals surface area contributed by atoms with E-state index in [1.165, 1.54) is 12.8 Å². The minimum absolute atomic E-state index is 0.0550. The van der Waals surface area contributed by atoms with E-state index in [0.717, 1.165) is 19.5 Å². The lowest BCUT2D eigenvalue weighted by Gasteiger charge is -2.32. The maximum Gasteiger partial charge on any atom is 0.391 e. The molecule has 0 spiro atoms. The monoisotopic (exact) mass is 264 g/mol. The Balaban J connectivity index is 1.76. The van der Waals surface area contributed by atoms with Crippen molar-refractivity contribution < 1.29 is 13.2 Å². The van der Waals surface area contributed by atoms with Gasteiger partial charge in [0.05, 0.1) is 5.92 Å². The van der Waals surface area contributed by atoms with Crippen molar-refractivity contribution in [3.63, 3.8) is 0 Å². The first-order valence-corrected chi connectivity index (χ1v) is 6.97. The van der Waals surface area contributed by atoms with Gasteiger partial charge in [0, 0.05) is 18.6 Å². The van der Waals surface area contributed by atoms with Crippen molar-refractivity contribution in [1.29, 1.82) is 0 Å². The number of halogens is 3. The molecule has 2 fully saturated rings. The molecule has 2 aliphatic rings. The molecule has 0 aromatic rings. The summed E-state index contributed by atoms with van der Waals surface area (Å²) >= 11 is 0. The number of hydrogen-bond acceptors (Lipinski definition) is 2. The molecule has 0 bridgehead atoms. The van der Waals surface area contributed by atoms with E-state index in [1.54, 1.807) is 0 Å². The van der Waals surface area contributed by atoms with E-state index >= 15 is 0 Å². The van der Waals surface area contributed by atoms with Gasteiger partial charge in [0.25, 0.3) is 0 Å². The zero-order valence-electron chi connectivity index (χ0n) is 11.0. The van der Waals surface area contributed by atoms with Crippen LogP contribution in [0, 0.1) is 5.92 Å². The van der Waals surface area contributed by atoms with Gasteiger partial charge in [0.15, 0.2) is 0 Å². The van der Waals surface area contributed by atoms with E-state index in [-0.39, 0.29) is 12.5 Å². The van der Waals surface area contributed by atoms with Crippen LogP contribution in [0.25, 0.3) is 0 Å². The second-order valence-electron chi connectivity index (χ2n) is 5.79. The maximum atomic E-state index is 12.7. The predicted octanol–water partition coefficient (Wildman–Crippen LogP) is 2.79. The first-order valence-electron chi connectivity index (χ1n) is 6.97. The zero-order valence-corrected chi connectivity index (χ0v) is 11.0. The SMILES string of the molecule is CN1CCC[C@@H]1CN[C@@H]1CCC[C@H](C(F)(F)F)C1. The molecule has 3 atom stereocenters. The molecule has 1 saturated carbocycles. The molecule has 1 heterocycles. The fourth-order valence-electron chi connectivity index (χ4n) is 3.21. The van der Waals surface area contributed by atoms with Gasteiger partial charge >= 0.3 is 6.18 Å². The predicted molar refractivity (Wildman–Crippen MR) is 65.5 cm³/mol. The Labute approximate surface area is 107 Å². The molecule has 1 aliphatic carbocycles. The first-order chi connectivity index (χ1) is 8.47. The van der Waals surface area contributed by atoms with Crippen LogP contribution in [-0.4, -0.2) is 43.3 Å². The van der Waals surface area contributed by atoms with E-state index in [2.05, 4.69) is 17.3 Å². The van der Waals surface area contributed by atoms with Crippen molar-refractivity contribution in [2.24, 2.45) is 5.92 Å². The van der Waals surface area contributed by atoms with Crippen LogP contribution in [0.1, 0.15) is 38.5 Å². The number of likely N-dealkylation sites (N-methyl/N-ethyl adjacent to an activating group) is 1. The molecule has 2 nitrogen and oxygen atoms in total. The molecule has 106 valence electrons. The Morgan fingerprint density at radius 3 is 2.56 bits per heavy atom. The standard InChI is InChI=1S/C13H23F3N2/c1-18-7-3-6-12(18)9-17-11-5-2-4-10(8-11)13(14,15)16/h10-12,17H,2-9H2,1H3/t10-,11+,12+/m0/s1. The second-order valence-corrected chi connectivity index (χ2v) is 5.79. The van der Waals surface area contributed by atoms with Crippen molar-refractivity contribution in [3.05, 3.63) is 0 Å². The van der Waals surface area contributed by atoms with Crippen molar-refractivity contribution in [3.8, 4) is 0 Å². The quantitative estimate of drug-likeness (QED) is 0.843. The van der Waals surface area contributed by atoms with Crippen LogP contribution < -0.4 is 5.32 Å². The lowest BCUT2D eigenvalue weighted by Crippen LogP contribution is -2.44. The number of rotatable bonds is 3. The molecule has 0 unspecified atom stereocenters. The summed E-state index contributed by atoms with van der Waals surface area (Å²) in [5.74, 6) is -1.09. The van der Waals surface area contributed by atoms with E-state index in [4.69, 9.17) is 0 Å². The fourth-order valence-corrected chi connectivity index (χ4v) is 3.21. The molecule has 18 heavy (non-hydrogen) atoms. The second kappa shape index (κ2) is 5.78. The number of hydrogen-bond donors (Lipinski definition) is 1. The number of likely N-dealkylation sites (tertiary alicyclic amines) is 1. The third-order valence-electron chi connectivity index (χ3n) is 4.45. The van der Waals surface area contributed by atoms with Crippen LogP contribution in [0.4, 0.5) is 13.2 Å². The molecule has 0 aromatic heterocycles. The third kappa shape index (κ3) is 3.60. The molecular formula is C13H23F3N2. The zero-order chi connectivity index (χ0) is 13.2. The highest BCUT2D eigenvalue weighted by molar-refractivity contribution is 4.85. The van der Waals surface area contributed by atoms with Gasteiger partial charge in [-0.3, -0.25) is 0 Å². The van der Waals surface area contributed by atoms with Gasteiger partial charge in [-0.15, -0.1) is 0 Å². The molecule has 0 amide bonds. The number of nitrogens with one attached hydrogen (secondary N) is 1. The molecule has 5 heteroatoms. The van der Waals surface area contributed by atoms with Crippen LogP contribution in [0.2, 0.25) is 0 Å². The van der Waals surface area contributed by atoms with Crippen LogP contribution in [-0.2, 0) is 0 Å². The van der Waals surface area contributed by atoms with Crippen LogP contribution >= 0.6 is 0 Å². The summed E-state index contributed by atoms with van der Waals surface area (Å²) in [6, 6.07) is 0.565. The molecule has 1 N–H and O–H groups in total. The average molecular weight is 264 g/mol. The molecule has 1 aliphatic heterocycles. The van der Waals surface area contributed by atoms with Gasteiger partial charge in [-0.05, 0) is 45.7 Å². The van der Waals surface area contributed by atoms with Crippen molar-refractivity contribution in [1.82, 2.24) is 10.2 Å². The van der Waals surface area contributed by atoms with E-state index < -0.39 is 12.1 Å². The Morgan fingerprint density at radius 2 is 1.94 bits per heavy atom. The minimum Gasteiger partial charge on any atom is -0.312 e. The average Bonchev–Trinajstić information content (AvgIpc) is 2.72. The molecule has 0 radical (unpaired) electrons. The Morgan fingerprint density at radius 1 is 1.17 bits per heavy atom. The summed E-state index contributed by atoms with van der Waals surface area (Å²) in [7, 11) is 2.10. The summed E-state index contributed by atoms with van der Waals surface area (Å²) in [4.78, 5) is 2.30. The Kier molecular flexibility index (Phi) is 4.54. The summed E-state index contributed by atoms with van der Waals surface area (Å²) < 4.78 is 38.0. The molecule has 1 saturated heterocycles. The molecule has 0 aromatic carbocycles. The normalized spacial score (nSPS) is 35.0. The van der Waals surface area contributed by atoms with Gasteiger partial charge in [-0.2, -0.15) is 13.2 Å². The van der Waals surface area contributed by atoms with Gasteiger partial charge in [0.2, 0.25) is 0 Å².